The SMILES string of the molecule is CNCCC(=O)Nc1cc(C(C)C)ccc1C. The lowest BCUT2D eigenvalue weighted by atomic mass is 10.0. The van der Waals surface area contributed by atoms with Gasteiger partial charge in [-0.1, -0.05) is 26.0 Å². The summed E-state index contributed by atoms with van der Waals surface area (Å²) in [5.74, 6) is 0.534. The number of rotatable bonds is 5. The molecule has 0 saturated heterocycles. The molecule has 0 heterocycles. The Morgan fingerprint density at radius 1 is 1.35 bits per heavy atom. The molecule has 3 heteroatoms. The summed E-state index contributed by atoms with van der Waals surface area (Å²) in [5, 5.41) is 5.93. The molecule has 94 valence electrons. The van der Waals surface area contributed by atoms with Crippen molar-refractivity contribution in [1.29, 1.82) is 0 Å². The van der Waals surface area contributed by atoms with Crippen molar-refractivity contribution < 1.29 is 4.79 Å². The molecule has 17 heavy (non-hydrogen) atoms. The second-order valence-electron chi connectivity index (χ2n) is 4.63. The number of amides is 1. The Morgan fingerprint density at radius 2 is 2.06 bits per heavy atom. The van der Waals surface area contributed by atoms with Gasteiger partial charge < -0.3 is 10.6 Å². The van der Waals surface area contributed by atoms with Crippen LogP contribution in [0.15, 0.2) is 18.2 Å². The van der Waals surface area contributed by atoms with Crippen molar-refractivity contribution in [2.24, 2.45) is 0 Å². The lowest BCUT2D eigenvalue weighted by Gasteiger charge is -2.12. The molecule has 0 spiro atoms. The van der Waals surface area contributed by atoms with Crippen molar-refractivity contribution in [2.45, 2.75) is 33.1 Å². The summed E-state index contributed by atoms with van der Waals surface area (Å²) in [5.41, 5.74) is 3.28. The zero-order valence-corrected chi connectivity index (χ0v) is 11.1. The summed E-state index contributed by atoms with van der Waals surface area (Å²) in [7, 11) is 1.85. The summed E-state index contributed by atoms with van der Waals surface area (Å²) in [4.78, 5) is 11.7. The highest BCUT2D eigenvalue weighted by Gasteiger charge is 2.06. The average Bonchev–Trinajstić information content (AvgIpc) is 2.29. The standard InChI is InChI=1S/C14H22N2O/c1-10(2)12-6-5-11(3)13(9-12)16-14(17)7-8-15-4/h5-6,9-10,15H,7-8H2,1-4H3,(H,16,17). The molecule has 0 aliphatic carbocycles. The molecule has 0 aliphatic rings. The van der Waals surface area contributed by atoms with E-state index in [9.17, 15) is 4.79 Å². The molecular weight excluding hydrogens is 212 g/mol. The van der Waals surface area contributed by atoms with Gasteiger partial charge in [-0.2, -0.15) is 0 Å². The Labute approximate surface area is 104 Å². The van der Waals surface area contributed by atoms with Gasteiger partial charge in [0.1, 0.15) is 0 Å². The quantitative estimate of drug-likeness (QED) is 0.822. The Morgan fingerprint density at radius 3 is 2.65 bits per heavy atom. The molecule has 1 aromatic rings. The highest BCUT2D eigenvalue weighted by Crippen LogP contribution is 2.22. The Kier molecular flexibility index (Phi) is 5.16. The molecule has 0 aliphatic heterocycles. The number of nitrogens with one attached hydrogen (secondary N) is 2. The smallest absolute Gasteiger partial charge is 0.225 e. The molecule has 0 unspecified atom stereocenters. The zero-order chi connectivity index (χ0) is 12.8. The molecule has 1 amide bonds. The van der Waals surface area contributed by atoms with E-state index in [1.165, 1.54) is 5.56 Å². The maximum Gasteiger partial charge on any atom is 0.225 e. The van der Waals surface area contributed by atoms with Gasteiger partial charge in [-0.25, -0.2) is 0 Å². The lowest BCUT2D eigenvalue weighted by Crippen LogP contribution is -2.19. The van der Waals surface area contributed by atoms with Gasteiger partial charge in [0.15, 0.2) is 0 Å². The largest absolute Gasteiger partial charge is 0.326 e. The van der Waals surface area contributed by atoms with Crippen LogP contribution in [0.25, 0.3) is 0 Å². The summed E-state index contributed by atoms with van der Waals surface area (Å²) in [6, 6.07) is 6.24. The van der Waals surface area contributed by atoms with Crippen LogP contribution in [0.5, 0.6) is 0 Å². The molecule has 0 fully saturated rings. The van der Waals surface area contributed by atoms with Gasteiger partial charge in [0.05, 0.1) is 0 Å². The van der Waals surface area contributed by atoms with E-state index in [1.54, 1.807) is 0 Å². The van der Waals surface area contributed by atoms with E-state index in [0.717, 1.165) is 11.3 Å². The minimum absolute atomic E-state index is 0.0587. The third kappa shape index (κ3) is 4.19. The maximum atomic E-state index is 11.7. The Bertz CT molecular complexity index is 386. The lowest BCUT2D eigenvalue weighted by molar-refractivity contribution is -0.116. The van der Waals surface area contributed by atoms with Crippen LogP contribution in [0.2, 0.25) is 0 Å². The topological polar surface area (TPSA) is 41.1 Å². The fraction of sp³-hybridized carbons (Fsp3) is 0.500. The molecule has 3 nitrogen and oxygen atoms in total. The van der Waals surface area contributed by atoms with E-state index in [0.29, 0.717) is 18.9 Å². The number of aryl methyl sites for hydroxylation is 1. The summed E-state index contributed by atoms with van der Waals surface area (Å²) in [6.07, 6.45) is 0.502. The first-order valence-electron chi connectivity index (χ1n) is 6.09. The molecule has 0 saturated carbocycles. The van der Waals surface area contributed by atoms with Crippen LogP contribution in [-0.4, -0.2) is 19.5 Å². The van der Waals surface area contributed by atoms with Gasteiger partial charge in [0.25, 0.3) is 0 Å². The number of benzene rings is 1. The Balaban J connectivity index is 2.75. The van der Waals surface area contributed by atoms with Gasteiger partial charge in [-0.3, -0.25) is 4.79 Å². The first kappa shape index (κ1) is 13.7. The van der Waals surface area contributed by atoms with E-state index < -0.39 is 0 Å². The second kappa shape index (κ2) is 6.40. The summed E-state index contributed by atoms with van der Waals surface area (Å²) >= 11 is 0. The van der Waals surface area contributed by atoms with Gasteiger partial charge in [0.2, 0.25) is 5.91 Å². The van der Waals surface area contributed by atoms with E-state index in [2.05, 4.69) is 42.7 Å². The van der Waals surface area contributed by atoms with E-state index >= 15 is 0 Å². The van der Waals surface area contributed by atoms with Crippen molar-refractivity contribution in [3.63, 3.8) is 0 Å². The minimum Gasteiger partial charge on any atom is -0.326 e. The van der Waals surface area contributed by atoms with E-state index in [1.807, 2.05) is 14.0 Å². The van der Waals surface area contributed by atoms with E-state index in [4.69, 9.17) is 0 Å². The molecule has 2 N–H and O–H groups in total. The Hall–Kier alpha value is -1.35. The molecule has 0 atom stereocenters. The van der Waals surface area contributed by atoms with Crippen molar-refractivity contribution in [3.05, 3.63) is 29.3 Å². The zero-order valence-electron chi connectivity index (χ0n) is 11.1. The van der Waals surface area contributed by atoms with Gasteiger partial charge >= 0.3 is 0 Å². The van der Waals surface area contributed by atoms with Crippen LogP contribution < -0.4 is 10.6 Å². The normalized spacial score (nSPS) is 10.6. The van der Waals surface area contributed by atoms with Crippen LogP contribution in [-0.2, 0) is 4.79 Å². The molecule has 0 aromatic heterocycles. The van der Waals surface area contributed by atoms with Crippen molar-refractivity contribution in [3.8, 4) is 0 Å². The van der Waals surface area contributed by atoms with Crippen molar-refractivity contribution in [2.75, 3.05) is 18.9 Å². The first-order valence-corrected chi connectivity index (χ1v) is 6.09. The fourth-order valence-corrected chi connectivity index (χ4v) is 1.58. The second-order valence-corrected chi connectivity index (χ2v) is 4.63. The highest BCUT2D eigenvalue weighted by atomic mass is 16.1. The fourth-order valence-electron chi connectivity index (χ4n) is 1.58. The maximum absolute atomic E-state index is 11.7. The molecule has 0 radical (unpaired) electrons. The number of hydrogen-bond acceptors (Lipinski definition) is 2. The molecular formula is C14H22N2O. The van der Waals surface area contributed by atoms with Crippen molar-refractivity contribution >= 4 is 11.6 Å². The predicted molar refractivity (Wildman–Crippen MR) is 72.4 cm³/mol. The first-order chi connectivity index (χ1) is 8.04. The van der Waals surface area contributed by atoms with Crippen LogP contribution in [0.1, 0.15) is 37.3 Å². The van der Waals surface area contributed by atoms with Gasteiger partial charge in [0, 0.05) is 18.7 Å². The molecule has 0 bridgehead atoms. The minimum atomic E-state index is 0.0587. The number of anilines is 1. The average molecular weight is 234 g/mol. The molecule has 1 aromatic carbocycles. The van der Waals surface area contributed by atoms with Crippen LogP contribution in [0.3, 0.4) is 0 Å². The number of hydrogen-bond donors (Lipinski definition) is 2. The summed E-state index contributed by atoms with van der Waals surface area (Å²) in [6.45, 7) is 7.01. The summed E-state index contributed by atoms with van der Waals surface area (Å²) < 4.78 is 0. The predicted octanol–water partition coefficient (Wildman–Crippen LogP) is 2.67. The monoisotopic (exact) mass is 234 g/mol. The molecule has 1 rings (SSSR count). The van der Waals surface area contributed by atoms with Gasteiger partial charge in [-0.05, 0) is 37.1 Å². The third-order valence-corrected chi connectivity index (χ3v) is 2.80. The van der Waals surface area contributed by atoms with Crippen LogP contribution in [0, 0.1) is 6.92 Å². The van der Waals surface area contributed by atoms with Crippen molar-refractivity contribution in [1.82, 2.24) is 5.32 Å². The van der Waals surface area contributed by atoms with Crippen LogP contribution >= 0.6 is 0 Å². The third-order valence-electron chi connectivity index (χ3n) is 2.80. The van der Waals surface area contributed by atoms with Gasteiger partial charge in [-0.15, -0.1) is 0 Å². The number of carbonyl (C=O) groups is 1. The van der Waals surface area contributed by atoms with E-state index in [-0.39, 0.29) is 5.91 Å². The van der Waals surface area contributed by atoms with Crippen LogP contribution in [0.4, 0.5) is 5.69 Å². The highest BCUT2D eigenvalue weighted by molar-refractivity contribution is 5.91. The number of carbonyl (C=O) groups excluding carboxylic acids is 1.